The number of esters is 1. The first-order valence-electron chi connectivity index (χ1n) is 6.00. The monoisotopic (exact) mass is 348 g/mol. The molecule has 106 valence electrons. The molecule has 0 aliphatic heterocycles. The highest BCUT2D eigenvalue weighted by atomic mass is 79.9. The van der Waals surface area contributed by atoms with Crippen LogP contribution in [-0.2, 0) is 19.4 Å². The summed E-state index contributed by atoms with van der Waals surface area (Å²) >= 11 is 3.23. The van der Waals surface area contributed by atoms with Crippen molar-refractivity contribution in [1.82, 2.24) is 0 Å². The summed E-state index contributed by atoms with van der Waals surface area (Å²) in [7, 11) is -2.51. The minimum Gasteiger partial charge on any atom is -0.468 e. The number of carbonyl (C=O) groups excluding carboxylic acids is 1. The number of unbranched alkanes of at least 4 members (excludes halogenated alkanes) is 1. The van der Waals surface area contributed by atoms with Crippen molar-refractivity contribution in [3.63, 3.8) is 0 Å². The largest absolute Gasteiger partial charge is 0.468 e. The average molecular weight is 349 g/mol. The molecule has 0 bridgehead atoms. The van der Waals surface area contributed by atoms with Crippen molar-refractivity contribution in [2.45, 2.75) is 36.3 Å². The number of halogens is 1. The van der Waals surface area contributed by atoms with Gasteiger partial charge in [-0.05, 0) is 24.6 Å². The Labute approximate surface area is 122 Å². The first-order valence-corrected chi connectivity index (χ1v) is 8.34. The van der Waals surface area contributed by atoms with Crippen molar-refractivity contribution in [2.24, 2.45) is 0 Å². The number of carbonyl (C=O) groups is 1. The van der Waals surface area contributed by atoms with Crippen LogP contribution >= 0.6 is 15.9 Å². The number of sulfone groups is 1. The fourth-order valence-corrected chi connectivity index (χ4v) is 3.99. The van der Waals surface area contributed by atoms with Gasteiger partial charge >= 0.3 is 5.97 Å². The van der Waals surface area contributed by atoms with E-state index < -0.39 is 21.1 Å². The van der Waals surface area contributed by atoms with Crippen molar-refractivity contribution in [3.05, 3.63) is 28.7 Å². The number of hydrogen-bond acceptors (Lipinski definition) is 4. The minimum atomic E-state index is -3.71. The maximum absolute atomic E-state index is 12.5. The highest BCUT2D eigenvalue weighted by molar-refractivity contribution is 9.10. The molecule has 0 heterocycles. The van der Waals surface area contributed by atoms with Crippen LogP contribution in [0.4, 0.5) is 0 Å². The molecule has 0 fully saturated rings. The number of benzene rings is 1. The van der Waals surface area contributed by atoms with Gasteiger partial charge in [0.15, 0.2) is 15.1 Å². The second-order valence-electron chi connectivity index (χ2n) is 4.16. The first kappa shape index (κ1) is 16.2. The Bertz CT molecular complexity index is 539. The summed E-state index contributed by atoms with van der Waals surface area (Å²) in [6.07, 6.45) is 1.76. The fraction of sp³-hybridized carbons (Fsp3) is 0.462. The smallest absolute Gasteiger partial charge is 0.324 e. The molecule has 1 rings (SSSR count). The lowest BCUT2D eigenvalue weighted by atomic mass is 10.2. The van der Waals surface area contributed by atoms with E-state index in [9.17, 15) is 13.2 Å². The molecule has 0 aromatic heterocycles. The summed E-state index contributed by atoms with van der Waals surface area (Å²) in [5, 5.41) is -1.13. The van der Waals surface area contributed by atoms with Gasteiger partial charge in [-0.25, -0.2) is 8.42 Å². The summed E-state index contributed by atoms with van der Waals surface area (Å²) in [6.45, 7) is 1.94. The molecule has 1 aromatic rings. The highest BCUT2D eigenvalue weighted by Gasteiger charge is 2.34. The molecule has 1 aromatic carbocycles. The van der Waals surface area contributed by atoms with Gasteiger partial charge in [0.2, 0.25) is 0 Å². The summed E-state index contributed by atoms with van der Waals surface area (Å²) in [5.74, 6) is -0.701. The van der Waals surface area contributed by atoms with Crippen molar-refractivity contribution < 1.29 is 17.9 Å². The molecule has 0 saturated carbocycles. The molecule has 0 N–H and O–H groups in total. The summed E-state index contributed by atoms with van der Waals surface area (Å²) in [5.41, 5.74) is 0. The normalized spacial score (nSPS) is 13.0. The van der Waals surface area contributed by atoms with Crippen LogP contribution in [0.1, 0.15) is 26.2 Å². The molecular formula is C13H17BrO4S. The number of hydrogen-bond donors (Lipinski definition) is 0. The van der Waals surface area contributed by atoms with Crippen molar-refractivity contribution in [2.75, 3.05) is 7.11 Å². The standard InChI is InChI=1S/C13H17BrO4S/c1-3-4-8-12(13(15)18-2)19(16,17)11-7-5-6-10(14)9-11/h5-7,9,12H,3-4,8H2,1-2H3. The van der Waals surface area contributed by atoms with Crippen LogP contribution in [0.3, 0.4) is 0 Å². The number of rotatable bonds is 6. The second kappa shape index (κ2) is 7.05. The van der Waals surface area contributed by atoms with E-state index in [1.165, 1.54) is 19.2 Å². The molecule has 6 heteroatoms. The Hall–Kier alpha value is -0.880. The maximum atomic E-state index is 12.5. The lowest BCUT2D eigenvalue weighted by Crippen LogP contribution is -2.31. The zero-order valence-electron chi connectivity index (χ0n) is 10.9. The van der Waals surface area contributed by atoms with E-state index in [1.807, 2.05) is 6.92 Å². The lowest BCUT2D eigenvalue weighted by Gasteiger charge is -2.15. The van der Waals surface area contributed by atoms with Crippen molar-refractivity contribution in [3.8, 4) is 0 Å². The van der Waals surface area contributed by atoms with Crippen LogP contribution in [-0.4, -0.2) is 26.7 Å². The van der Waals surface area contributed by atoms with E-state index in [1.54, 1.807) is 12.1 Å². The molecule has 1 unspecified atom stereocenters. The summed E-state index contributed by atoms with van der Waals surface area (Å²) < 4.78 is 30.2. The first-order chi connectivity index (χ1) is 8.93. The molecule has 0 aliphatic rings. The zero-order chi connectivity index (χ0) is 14.5. The van der Waals surface area contributed by atoms with E-state index in [0.717, 1.165) is 6.42 Å². The van der Waals surface area contributed by atoms with Gasteiger partial charge in [0.25, 0.3) is 0 Å². The summed E-state index contributed by atoms with van der Waals surface area (Å²) in [6, 6.07) is 6.35. The van der Waals surface area contributed by atoms with Crippen LogP contribution in [0.2, 0.25) is 0 Å². The molecule has 0 saturated heterocycles. The van der Waals surface area contributed by atoms with Gasteiger partial charge in [0.05, 0.1) is 12.0 Å². The van der Waals surface area contributed by atoms with Crippen LogP contribution in [0, 0.1) is 0 Å². The molecule has 0 amide bonds. The van der Waals surface area contributed by atoms with E-state index in [-0.39, 0.29) is 11.3 Å². The van der Waals surface area contributed by atoms with Gasteiger partial charge in [0.1, 0.15) is 0 Å². The van der Waals surface area contributed by atoms with Crippen LogP contribution in [0.15, 0.2) is 33.6 Å². The van der Waals surface area contributed by atoms with E-state index in [0.29, 0.717) is 10.9 Å². The zero-order valence-corrected chi connectivity index (χ0v) is 13.3. The number of ether oxygens (including phenoxy) is 1. The second-order valence-corrected chi connectivity index (χ2v) is 7.20. The SMILES string of the molecule is CCCCC(C(=O)OC)S(=O)(=O)c1cccc(Br)c1. The van der Waals surface area contributed by atoms with Crippen molar-refractivity contribution >= 4 is 31.7 Å². The Morgan fingerprint density at radius 1 is 1.42 bits per heavy atom. The maximum Gasteiger partial charge on any atom is 0.324 e. The molecular weight excluding hydrogens is 332 g/mol. The number of methoxy groups -OCH3 is 1. The van der Waals surface area contributed by atoms with Crippen LogP contribution < -0.4 is 0 Å². The molecule has 0 radical (unpaired) electrons. The Morgan fingerprint density at radius 3 is 2.63 bits per heavy atom. The third kappa shape index (κ3) is 4.04. The fourth-order valence-electron chi connectivity index (χ4n) is 1.73. The topological polar surface area (TPSA) is 60.4 Å². The van der Waals surface area contributed by atoms with E-state index in [2.05, 4.69) is 20.7 Å². The predicted molar refractivity (Wildman–Crippen MR) is 76.7 cm³/mol. The Balaban J connectivity index is 3.15. The van der Waals surface area contributed by atoms with Gasteiger partial charge in [-0.15, -0.1) is 0 Å². The van der Waals surface area contributed by atoms with Crippen LogP contribution in [0.5, 0.6) is 0 Å². The van der Waals surface area contributed by atoms with Gasteiger partial charge in [-0.3, -0.25) is 4.79 Å². The average Bonchev–Trinajstić information content (AvgIpc) is 2.38. The quantitative estimate of drug-likeness (QED) is 0.741. The molecule has 0 spiro atoms. The molecule has 19 heavy (non-hydrogen) atoms. The van der Waals surface area contributed by atoms with Gasteiger partial charge in [-0.2, -0.15) is 0 Å². The van der Waals surface area contributed by atoms with Gasteiger partial charge in [0, 0.05) is 4.47 Å². The summed E-state index contributed by atoms with van der Waals surface area (Å²) in [4.78, 5) is 11.8. The molecule has 1 atom stereocenters. The van der Waals surface area contributed by atoms with Crippen LogP contribution in [0.25, 0.3) is 0 Å². The van der Waals surface area contributed by atoms with Gasteiger partial charge < -0.3 is 4.74 Å². The van der Waals surface area contributed by atoms with Crippen molar-refractivity contribution in [1.29, 1.82) is 0 Å². The third-order valence-corrected chi connectivity index (χ3v) is 5.36. The van der Waals surface area contributed by atoms with E-state index in [4.69, 9.17) is 0 Å². The van der Waals surface area contributed by atoms with E-state index >= 15 is 0 Å². The highest BCUT2D eigenvalue weighted by Crippen LogP contribution is 2.23. The minimum absolute atomic E-state index is 0.133. The molecule has 4 nitrogen and oxygen atoms in total. The van der Waals surface area contributed by atoms with Gasteiger partial charge in [-0.1, -0.05) is 41.8 Å². The predicted octanol–water partition coefficient (Wildman–Crippen LogP) is 2.95. The molecule has 0 aliphatic carbocycles. The lowest BCUT2D eigenvalue weighted by molar-refractivity contribution is -0.140. The third-order valence-electron chi connectivity index (χ3n) is 2.78. The Morgan fingerprint density at radius 2 is 2.11 bits per heavy atom. The Kier molecular flexibility index (Phi) is 6.00.